The lowest BCUT2D eigenvalue weighted by Gasteiger charge is -2.13. The molecule has 0 radical (unpaired) electrons. The minimum atomic E-state index is 0.421. The molecule has 6 heteroatoms. The molecule has 0 unspecified atom stereocenters. The second-order valence-electron chi connectivity index (χ2n) is 4.14. The third-order valence-electron chi connectivity index (χ3n) is 2.36. The van der Waals surface area contributed by atoms with Crippen molar-refractivity contribution in [3.8, 4) is 0 Å². The van der Waals surface area contributed by atoms with Gasteiger partial charge in [-0.3, -0.25) is 5.10 Å². The molecular formula is C12H15ClN4S. The summed E-state index contributed by atoms with van der Waals surface area (Å²) in [6.07, 6.45) is 1.50. The molecule has 0 amide bonds. The number of H-pyrrole nitrogens is 1. The normalized spacial score (nSPS) is 11.1. The van der Waals surface area contributed by atoms with Gasteiger partial charge in [-0.2, -0.15) is 5.10 Å². The van der Waals surface area contributed by atoms with Gasteiger partial charge < -0.3 is 5.32 Å². The highest BCUT2D eigenvalue weighted by molar-refractivity contribution is 7.99. The van der Waals surface area contributed by atoms with Crippen LogP contribution in [0, 0.1) is 0 Å². The average molecular weight is 283 g/mol. The third kappa shape index (κ3) is 3.48. The molecule has 1 aromatic carbocycles. The topological polar surface area (TPSA) is 53.6 Å². The van der Waals surface area contributed by atoms with E-state index in [1.165, 1.54) is 18.1 Å². The molecule has 96 valence electrons. The predicted molar refractivity (Wildman–Crippen MR) is 73.9 cm³/mol. The van der Waals surface area contributed by atoms with E-state index in [0.717, 1.165) is 27.2 Å². The van der Waals surface area contributed by atoms with Crippen LogP contribution in [0.5, 0.6) is 0 Å². The molecule has 0 aliphatic heterocycles. The maximum Gasteiger partial charge on any atom is 0.188 e. The lowest BCUT2D eigenvalue weighted by atomic mass is 10.2. The van der Waals surface area contributed by atoms with Crippen LogP contribution in [0.4, 0.5) is 0 Å². The van der Waals surface area contributed by atoms with Crippen molar-refractivity contribution in [3.05, 3.63) is 35.1 Å². The Morgan fingerprint density at radius 1 is 1.44 bits per heavy atom. The quantitative estimate of drug-likeness (QED) is 0.885. The summed E-state index contributed by atoms with van der Waals surface area (Å²) in [7, 11) is 0. The highest BCUT2D eigenvalue weighted by atomic mass is 35.5. The lowest BCUT2D eigenvalue weighted by molar-refractivity contribution is 0.585. The van der Waals surface area contributed by atoms with Crippen molar-refractivity contribution >= 4 is 23.4 Å². The second kappa shape index (κ2) is 6.22. The largest absolute Gasteiger partial charge is 0.310 e. The number of aromatic amines is 1. The smallest absolute Gasteiger partial charge is 0.188 e. The van der Waals surface area contributed by atoms with Crippen LogP contribution >= 0.6 is 23.4 Å². The summed E-state index contributed by atoms with van der Waals surface area (Å²) in [5, 5.41) is 11.6. The molecule has 2 aromatic rings. The highest BCUT2D eigenvalue weighted by Gasteiger charge is 2.10. The minimum absolute atomic E-state index is 0.421. The highest BCUT2D eigenvalue weighted by Crippen LogP contribution is 2.31. The number of benzene rings is 1. The van der Waals surface area contributed by atoms with Gasteiger partial charge in [0.05, 0.1) is 0 Å². The van der Waals surface area contributed by atoms with Crippen LogP contribution in [0.25, 0.3) is 0 Å². The van der Waals surface area contributed by atoms with Gasteiger partial charge in [0.25, 0.3) is 0 Å². The Labute approximate surface area is 116 Å². The van der Waals surface area contributed by atoms with Gasteiger partial charge in [-0.1, -0.05) is 31.5 Å². The molecule has 18 heavy (non-hydrogen) atoms. The van der Waals surface area contributed by atoms with E-state index in [4.69, 9.17) is 11.6 Å². The Morgan fingerprint density at radius 3 is 2.94 bits per heavy atom. The summed E-state index contributed by atoms with van der Waals surface area (Å²) in [6, 6.07) is 6.31. The maximum atomic E-state index is 6.25. The molecule has 0 bridgehead atoms. The first kappa shape index (κ1) is 13.4. The van der Waals surface area contributed by atoms with E-state index in [0.29, 0.717) is 6.04 Å². The summed E-state index contributed by atoms with van der Waals surface area (Å²) in [6.45, 7) is 4.97. The molecule has 1 heterocycles. The fourth-order valence-electron chi connectivity index (χ4n) is 1.46. The number of halogens is 1. The molecule has 0 fully saturated rings. The van der Waals surface area contributed by atoms with E-state index < -0.39 is 0 Å². The van der Waals surface area contributed by atoms with Crippen LogP contribution in [0.3, 0.4) is 0 Å². The van der Waals surface area contributed by atoms with E-state index in [9.17, 15) is 0 Å². The van der Waals surface area contributed by atoms with E-state index in [-0.39, 0.29) is 0 Å². The molecule has 0 saturated heterocycles. The SMILES string of the molecule is CC(C)NCc1c(Cl)cccc1Sc1ncn[nH]1. The Hall–Kier alpha value is -1.04. The first-order valence-corrected chi connectivity index (χ1v) is 6.90. The van der Waals surface area contributed by atoms with E-state index >= 15 is 0 Å². The molecule has 0 saturated carbocycles. The number of rotatable bonds is 5. The van der Waals surface area contributed by atoms with Gasteiger partial charge in [0.2, 0.25) is 0 Å². The fourth-order valence-corrected chi connectivity index (χ4v) is 2.62. The first-order valence-electron chi connectivity index (χ1n) is 5.71. The Balaban J connectivity index is 2.20. The number of hydrogen-bond acceptors (Lipinski definition) is 4. The van der Waals surface area contributed by atoms with Crippen molar-refractivity contribution in [1.29, 1.82) is 0 Å². The van der Waals surface area contributed by atoms with Gasteiger partial charge in [-0.25, -0.2) is 4.98 Å². The van der Waals surface area contributed by atoms with Crippen LogP contribution in [0.15, 0.2) is 34.6 Å². The van der Waals surface area contributed by atoms with Crippen LogP contribution in [0.1, 0.15) is 19.4 Å². The zero-order chi connectivity index (χ0) is 13.0. The lowest BCUT2D eigenvalue weighted by Crippen LogP contribution is -2.22. The molecule has 0 spiro atoms. The van der Waals surface area contributed by atoms with E-state index in [1.54, 1.807) is 0 Å². The minimum Gasteiger partial charge on any atom is -0.310 e. The fraction of sp³-hybridized carbons (Fsp3) is 0.333. The van der Waals surface area contributed by atoms with Gasteiger partial charge in [0.15, 0.2) is 5.16 Å². The average Bonchev–Trinajstić information content (AvgIpc) is 2.81. The first-order chi connectivity index (χ1) is 8.66. The van der Waals surface area contributed by atoms with Crippen molar-refractivity contribution in [3.63, 3.8) is 0 Å². The summed E-state index contributed by atoms with van der Waals surface area (Å²) >= 11 is 7.79. The molecule has 1 aromatic heterocycles. The summed E-state index contributed by atoms with van der Waals surface area (Å²) in [5.41, 5.74) is 1.09. The van der Waals surface area contributed by atoms with Crippen molar-refractivity contribution in [2.45, 2.75) is 36.5 Å². The number of hydrogen-bond donors (Lipinski definition) is 2. The van der Waals surface area contributed by atoms with E-state index in [1.807, 2.05) is 18.2 Å². The third-order valence-corrected chi connectivity index (χ3v) is 3.71. The van der Waals surface area contributed by atoms with Gasteiger partial charge in [0.1, 0.15) is 6.33 Å². The van der Waals surface area contributed by atoms with Crippen LogP contribution in [-0.2, 0) is 6.54 Å². The molecule has 4 nitrogen and oxygen atoms in total. The monoisotopic (exact) mass is 282 g/mol. The molecule has 2 N–H and O–H groups in total. The Kier molecular flexibility index (Phi) is 4.63. The van der Waals surface area contributed by atoms with Gasteiger partial charge in [-0.05, 0) is 29.5 Å². The summed E-state index contributed by atoms with van der Waals surface area (Å²) in [4.78, 5) is 5.20. The molecular weight excluding hydrogens is 268 g/mol. The summed E-state index contributed by atoms with van der Waals surface area (Å²) < 4.78 is 0. The van der Waals surface area contributed by atoms with Crippen molar-refractivity contribution in [2.75, 3.05) is 0 Å². The number of nitrogens with one attached hydrogen (secondary N) is 2. The van der Waals surface area contributed by atoms with Crippen molar-refractivity contribution < 1.29 is 0 Å². The molecule has 2 rings (SSSR count). The molecule has 0 aliphatic carbocycles. The number of nitrogens with zero attached hydrogens (tertiary/aromatic N) is 2. The zero-order valence-electron chi connectivity index (χ0n) is 10.3. The van der Waals surface area contributed by atoms with E-state index in [2.05, 4.69) is 34.3 Å². The molecule has 0 atom stereocenters. The van der Waals surface area contributed by atoms with Gasteiger partial charge in [-0.15, -0.1) is 0 Å². The van der Waals surface area contributed by atoms with Crippen LogP contribution in [0.2, 0.25) is 5.02 Å². The van der Waals surface area contributed by atoms with Gasteiger partial charge in [0, 0.05) is 22.5 Å². The maximum absolute atomic E-state index is 6.25. The second-order valence-corrected chi connectivity index (χ2v) is 5.58. The Morgan fingerprint density at radius 2 is 2.28 bits per heavy atom. The van der Waals surface area contributed by atoms with Gasteiger partial charge >= 0.3 is 0 Å². The Bertz CT molecular complexity index is 499. The predicted octanol–water partition coefficient (Wildman–Crippen LogP) is 3.11. The van der Waals surface area contributed by atoms with Crippen molar-refractivity contribution in [1.82, 2.24) is 20.5 Å². The van der Waals surface area contributed by atoms with Crippen LogP contribution in [-0.4, -0.2) is 21.2 Å². The summed E-state index contributed by atoms with van der Waals surface area (Å²) in [5.74, 6) is 0. The zero-order valence-corrected chi connectivity index (χ0v) is 11.8. The standard InChI is InChI=1S/C12H15ClN4S/c1-8(2)14-6-9-10(13)4-3-5-11(9)18-12-15-7-16-17-12/h3-5,7-8,14H,6H2,1-2H3,(H,15,16,17). The molecule has 0 aliphatic rings. The van der Waals surface area contributed by atoms with Crippen LogP contribution < -0.4 is 5.32 Å². The number of aromatic nitrogens is 3. The van der Waals surface area contributed by atoms with Crippen molar-refractivity contribution in [2.24, 2.45) is 0 Å².